The largest absolute Gasteiger partial charge is 0.388 e. The maximum Gasteiger partial charge on any atom is 0.0838 e. The Bertz CT molecular complexity index is 763. The van der Waals surface area contributed by atoms with Gasteiger partial charge in [-0.05, 0) is 49.2 Å². The molecular formula is C18H19NOS. The minimum absolute atomic E-state index is 0.459. The Morgan fingerprint density at radius 3 is 2.67 bits per heavy atom. The fourth-order valence-corrected chi connectivity index (χ4v) is 3.48. The monoisotopic (exact) mass is 297 g/mol. The molecule has 0 aliphatic carbocycles. The highest BCUT2D eigenvalue weighted by Gasteiger charge is 2.11. The van der Waals surface area contributed by atoms with Gasteiger partial charge in [-0.2, -0.15) is 0 Å². The average molecular weight is 297 g/mol. The van der Waals surface area contributed by atoms with E-state index in [4.69, 9.17) is 0 Å². The van der Waals surface area contributed by atoms with Crippen LogP contribution in [0.5, 0.6) is 0 Å². The highest BCUT2D eigenvalue weighted by atomic mass is 32.1. The van der Waals surface area contributed by atoms with Crippen molar-refractivity contribution >= 4 is 22.2 Å². The molecular weight excluding hydrogens is 278 g/mol. The Morgan fingerprint density at radius 1 is 1.10 bits per heavy atom. The smallest absolute Gasteiger partial charge is 0.0838 e. The van der Waals surface area contributed by atoms with E-state index in [1.807, 2.05) is 31.2 Å². The van der Waals surface area contributed by atoms with E-state index in [1.54, 1.807) is 11.3 Å². The van der Waals surface area contributed by atoms with Gasteiger partial charge in [-0.15, -0.1) is 11.3 Å². The average Bonchev–Trinajstić information content (AvgIpc) is 2.94. The van der Waals surface area contributed by atoms with Crippen LogP contribution in [0.3, 0.4) is 0 Å². The van der Waals surface area contributed by atoms with Crippen molar-refractivity contribution in [1.82, 2.24) is 4.98 Å². The predicted molar refractivity (Wildman–Crippen MR) is 88.8 cm³/mol. The van der Waals surface area contributed by atoms with Gasteiger partial charge in [0, 0.05) is 27.3 Å². The fraction of sp³-hybridized carbons (Fsp3) is 0.278. The molecule has 1 unspecified atom stereocenters. The van der Waals surface area contributed by atoms with Gasteiger partial charge in [0.2, 0.25) is 0 Å². The number of pyridine rings is 1. The fourth-order valence-electron chi connectivity index (χ4n) is 2.48. The van der Waals surface area contributed by atoms with Gasteiger partial charge in [-0.25, -0.2) is 0 Å². The van der Waals surface area contributed by atoms with Crippen LogP contribution in [0.1, 0.15) is 34.0 Å². The lowest BCUT2D eigenvalue weighted by Crippen LogP contribution is -2.00. The lowest BCUT2D eigenvalue weighted by Gasteiger charge is -2.11. The van der Waals surface area contributed by atoms with Crippen molar-refractivity contribution in [3.05, 3.63) is 63.5 Å². The van der Waals surface area contributed by atoms with Crippen LogP contribution in [0.2, 0.25) is 0 Å². The van der Waals surface area contributed by atoms with Crippen molar-refractivity contribution in [2.45, 2.75) is 32.8 Å². The third kappa shape index (κ3) is 3.14. The van der Waals surface area contributed by atoms with Gasteiger partial charge in [0.05, 0.1) is 11.6 Å². The molecule has 0 fully saturated rings. The molecule has 0 saturated carbocycles. The quantitative estimate of drug-likeness (QED) is 0.772. The number of thiophene rings is 1. The van der Waals surface area contributed by atoms with Crippen molar-refractivity contribution in [3.63, 3.8) is 0 Å². The summed E-state index contributed by atoms with van der Waals surface area (Å²) in [5.74, 6) is 0. The van der Waals surface area contributed by atoms with Gasteiger partial charge in [0.15, 0.2) is 0 Å². The maximum absolute atomic E-state index is 10.5. The number of benzene rings is 1. The van der Waals surface area contributed by atoms with Gasteiger partial charge in [0.1, 0.15) is 0 Å². The molecule has 3 rings (SSSR count). The lowest BCUT2D eigenvalue weighted by atomic mass is 10.0. The summed E-state index contributed by atoms with van der Waals surface area (Å²) in [6.07, 6.45) is 1.27. The van der Waals surface area contributed by atoms with Crippen molar-refractivity contribution < 1.29 is 5.11 Å². The second-order valence-electron chi connectivity index (χ2n) is 5.35. The maximum atomic E-state index is 10.5. The van der Waals surface area contributed by atoms with E-state index in [0.717, 1.165) is 28.6 Å². The molecule has 1 N–H and O–H groups in total. The minimum atomic E-state index is -0.459. The molecule has 2 heterocycles. The number of aliphatic hydroxyl groups excluding tert-OH is 1. The van der Waals surface area contributed by atoms with Gasteiger partial charge in [-0.3, -0.25) is 4.98 Å². The zero-order valence-electron chi connectivity index (χ0n) is 12.3. The van der Waals surface area contributed by atoms with Gasteiger partial charge in [0.25, 0.3) is 0 Å². The van der Waals surface area contributed by atoms with E-state index in [1.165, 1.54) is 9.75 Å². The summed E-state index contributed by atoms with van der Waals surface area (Å²) < 4.78 is 0. The Morgan fingerprint density at radius 2 is 1.90 bits per heavy atom. The summed E-state index contributed by atoms with van der Waals surface area (Å²) in [7, 11) is 0. The molecule has 108 valence electrons. The Balaban J connectivity index is 1.83. The number of aromatic nitrogens is 1. The number of hydrogen-bond donors (Lipinski definition) is 1. The predicted octanol–water partition coefficient (Wildman–Crippen LogP) is 4.44. The van der Waals surface area contributed by atoms with Crippen LogP contribution < -0.4 is 0 Å². The van der Waals surface area contributed by atoms with E-state index < -0.39 is 6.10 Å². The van der Waals surface area contributed by atoms with Crippen LogP contribution >= 0.6 is 11.3 Å². The van der Waals surface area contributed by atoms with Crippen LogP contribution in [0.25, 0.3) is 10.9 Å². The van der Waals surface area contributed by atoms with E-state index in [-0.39, 0.29) is 0 Å². The summed E-state index contributed by atoms with van der Waals surface area (Å²) in [5, 5.41) is 11.5. The highest BCUT2D eigenvalue weighted by molar-refractivity contribution is 7.11. The van der Waals surface area contributed by atoms with Crippen molar-refractivity contribution in [2.75, 3.05) is 0 Å². The molecule has 1 atom stereocenters. The molecule has 2 nitrogen and oxygen atoms in total. The van der Waals surface area contributed by atoms with Crippen LogP contribution in [0.15, 0.2) is 42.5 Å². The molecule has 0 spiro atoms. The second kappa shape index (κ2) is 5.96. The molecule has 1 aromatic carbocycles. The first-order valence-electron chi connectivity index (χ1n) is 7.28. The van der Waals surface area contributed by atoms with Gasteiger partial charge >= 0.3 is 0 Å². The van der Waals surface area contributed by atoms with Crippen molar-refractivity contribution in [2.24, 2.45) is 0 Å². The van der Waals surface area contributed by atoms with Crippen molar-refractivity contribution in [1.29, 1.82) is 0 Å². The summed E-state index contributed by atoms with van der Waals surface area (Å²) >= 11 is 1.79. The standard InChI is InChI=1S/C18H19NOS/c1-3-15-7-8-16(21-15)11-18(20)14-6-9-17-13(10-14)5-4-12(2)19-17/h4-10,18,20H,3,11H2,1-2H3. The lowest BCUT2D eigenvalue weighted by molar-refractivity contribution is 0.179. The Labute approximate surface area is 129 Å². The first-order valence-corrected chi connectivity index (χ1v) is 8.10. The third-order valence-electron chi connectivity index (χ3n) is 3.70. The van der Waals surface area contributed by atoms with Crippen LogP contribution in [-0.4, -0.2) is 10.1 Å². The molecule has 3 heteroatoms. The third-order valence-corrected chi connectivity index (χ3v) is 4.95. The van der Waals surface area contributed by atoms with E-state index in [2.05, 4.69) is 30.1 Å². The Kier molecular flexibility index (Phi) is 4.04. The Hall–Kier alpha value is -1.71. The van der Waals surface area contributed by atoms with Gasteiger partial charge < -0.3 is 5.11 Å². The summed E-state index contributed by atoms with van der Waals surface area (Å²) in [4.78, 5) is 7.10. The molecule has 3 aromatic rings. The normalized spacial score (nSPS) is 12.7. The van der Waals surface area contributed by atoms with E-state index in [0.29, 0.717) is 6.42 Å². The number of rotatable bonds is 4. The molecule has 2 aromatic heterocycles. The zero-order chi connectivity index (χ0) is 14.8. The van der Waals surface area contributed by atoms with Crippen LogP contribution in [-0.2, 0) is 12.8 Å². The topological polar surface area (TPSA) is 33.1 Å². The van der Waals surface area contributed by atoms with Crippen LogP contribution in [0.4, 0.5) is 0 Å². The number of fused-ring (bicyclic) bond motifs is 1. The first-order chi connectivity index (χ1) is 10.2. The molecule has 0 radical (unpaired) electrons. The first kappa shape index (κ1) is 14.2. The molecule has 0 bridgehead atoms. The highest BCUT2D eigenvalue weighted by Crippen LogP contribution is 2.26. The van der Waals surface area contributed by atoms with Crippen molar-refractivity contribution in [3.8, 4) is 0 Å². The molecule has 0 amide bonds. The van der Waals surface area contributed by atoms with Crippen LogP contribution in [0, 0.1) is 6.92 Å². The minimum Gasteiger partial charge on any atom is -0.388 e. The SMILES string of the molecule is CCc1ccc(CC(O)c2ccc3nc(C)ccc3c2)s1. The van der Waals surface area contributed by atoms with E-state index in [9.17, 15) is 5.11 Å². The molecule has 0 aliphatic rings. The number of nitrogens with zero attached hydrogens (tertiary/aromatic N) is 1. The summed E-state index contributed by atoms with van der Waals surface area (Å²) in [5.41, 5.74) is 2.96. The molecule has 0 aliphatic heterocycles. The summed E-state index contributed by atoms with van der Waals surface area (Å²) in [6.45, 7) is 4.15. The number of aliphatic hydroxyl groups is 1. The van der Waals surface area contributed by atoms with E-state index >= 15 is 0 Å². The summed E-state index contributed by atoms with van der Waals surface area (Å²) in [6, 6.07) is 14.4. The molecule has 0 saturated heterocycles. The zero-order valence-corrected chi connectivity index (χ0v) is 13.2. The number of hydrogen-bond acceptors (Lipinski definition) is 3. The second-order valence-corrected chi connectivity index (χ2v) is 6.60. The van der Waals surface area contributed by atoms with Gasteiger partial charge in [-0.1, -0.05) is 19.1 Å². The molecule has 21 heavy (non-hydrogen) atoms. The number of aryl methyl sites for hydroxylation is 2.